The maximum atomic E-state index is 11.4. The van der Waals surface area contributed by atoms with Crippen LogP contribution in [0.1, 0.15) is 0 Å². The number of carbonyl (C=O) groups excluding carboxylic acids is 1. The molecule has 0 aromatic heterocycles. The van der Waals surface area contributed by atoms with E-state index < -0.39 is 0 Å². The molecule has 0 aromatic rings. The second-order valence-corrected chi connectivity index (χ2v) is 2.60. The molecule has 0 aliphatic carbocycles. The van der Waals surface area contributed by atoms with Crippen LogP contribution in [-0.4, -0.2) is 35.5 Å². The predicted molar refractivity (Wildman–Crippen MR) is 48.4 cm³/mol. The molecule has 1 aliphatic rings. The van der Waals surface area contributed by atoms with Crippen LogP contribution in [0.5, 0.6) is 0 Å². The number of urea groups is 1. The lowest BCUT2D eigenvalue weighted by Gasteiger charge is -2.14. The van der Waals surface area contributed by atoms with Crippen molar-refractivity contribution in [2.24, 2.45) is 0 Å². The summed E-state index contributed by atoms with van der Waals surface area (Å²) >= 11 is 0. The molecular formula is C9H13N2O. The van der Waals surface area contributed by atoms with Crippen molar-refractivity contribution < 1.29 is 4.79 Å². The number of hydrogen-bond donors (Lipinski definition) is 0. The van der Waals surface area contributed by atoms with E-state index in [-0.39, 0.29) is 6.03 Å². The summed E-state index contributed by atoms with van der Waals surface area (Å²) in [5.41, 5.74) is 0. The Morgan fingerprint density at radius 1 is 1.42 bits per heavy atom. The van der Waals surface area contributed by atoms with Crippen LogP contribution in [0.4, 0.5) is 4.79 Å². The maximum Gasteiger partial charge on any atom is 0.320 e. The molecule has 0 N–H and O–H groups in total. The lowest BCUT2D eigenvalue weighted by Crippen LogP contribution is -2.30. The van der Waals surface area contributed by atoms with Crippen molar-refractivity contribution >= 4 is 6.03 Å². The zero-order valence-corrected chi connectivity index (χ0v) is 7.07. The third kappa shape index (κ3) is 1.67. The topological polar surface area (TPSA) is 23.6 Å². The molecule has 0 atom stereocenters. The minimum absolute atomic E-state index is 0.0369. The largest absolute Gasteiger partial charge is 0.320 e. The normalized spacial score (nSPS) is 16.8. The van der Waals surface area contributed by atoms with E-state index in [0.717, 1.165) is 13.1 Å². The Hall–Kier alpha value is -1.25. The molecule has 65 valence electrons. The van der Waals surface area contributed by atoms with Gasteiger partial charge in [-0.2, -0.15) is 0 Å². The molecule has 1 fully saturated rings. The highest BCUT2D eigenvalue weighted by atomic mass is 16.2. The summed E-state index contributed by atoms with van der Waals surface area (Å²) in [5.74, 6) is 0. The predicted octanol–water partition coefficient (Wildman–Crippen LogP) is 1.26. The van der Waals surface area contributed by atoms with Gasteiger partial charge in [-0.3, -0.25) is 0 Å². The molecule has 0 spiro atoms. The number of nitrogens with zero attached hydrogens (tertiary/aromatic N) is 2. The first-order valence-corrected chi connectivity index (χ1v) is 3.92. The average molecular weight is 165 g/mol. The molecule has 3 nitrogen and oxygen atoms in total. The van der Waals surface area contributed by atoms with Crippen molar-refractivity contribution in [1.29, 1.82) is 0 Å². The lowest BCUT2D eigenvalue weighted by atomic mass is 10.5. The van der Waals surface area contributed by atoms with Gasteiger partial charge >= 0.3 is 6.03 Å². The van der Waals surface area contributed by atoms with E-state index in [9.17, 15) is 4.79 Å². The number of rotatable bonds is 4. The van der Waals surface area contributed by atoms with Crippen molar-refractivity contribution in [2.75, 3.05) is 19.6 Å². The van der Waals surface area contributed by atoms with Crippen LogP contribution in [-0.2, 0) is 0 Å². The van der Waals surface area contributed by atoms with E-state index in [2.05, 4.69) is 13.2 Å². The van der Waals surface area contributed by atoms with Crippen LogP contribution in [0.2, 0.25) is 0 Å². The zero-order valence-electron chi connectivity index (χ0n) is 7.07. The Morgan fingerprint density at radius 2 is 2.17 bits per heavy atom. The van der Waals surface area contributed by atoms with E-state index in [1.54, 1.807) is 28.5 Å². The molecule has 0 aromatic carbocycles. The molecule has 2 amide bonds. The smallest absolute Gasteiger partial charge is 0.319 e. The first kappa shape index (κ1) is 8.84. The van der Waals surface area contributed by atoms with Crippen molar-refractivity contribution in [1.82, 2.24) is 9.80 Å². The fraction of sp³-hybridized carbons (Fsp3) is 0.333. The Kier molecular flexibility index (Phi) is 2.91. The molecule has 1 rings (SSSR count). The standard InChI is InChI=1S/C9H13N2O/c1-3-5-10-7-8-11(6-4-2)9(10)12/h3-5H,1-2,6-8H2. The summed E-state index contributed by atoms with van der Waals surface area (Å²) in [5, 5.41) is 0. The Bertz CT molecular complexity index is 181. The van der Waals surface area contributed by atoms with E-state index >= 15 is 0 Å². The van der Waals surface area contributed by atoms with E-state index in [4.69, 9.17) is 0 Å². The minimum Gasteiger partial charge on any atom is -0.319 e. The fourth-order valence-electron chi connectivity index (χ4n) is 1.19. The first-order valence-electron chi connectivity index (χ1n) is 3.92. The molecule has 0 unspecified atom stereocenters. The second kappa shape index (κ2) is 3.95. The van der Waals surface area contributed by atoms with E-state index in [1.807, 2.05) is 0 Å². The molecule has 0 saturated carbocycles. The van der Waals surface area contributed by atoms with Crippen molar-refractivity contribution in [2.45, 2.75) is 0 Å². The van der Waals surface area contributed by atoms with E-state index in [0.29, 0.717) is 6.54 Å². The van der Waals surface area contributed by atoms with E-state index in [1.165, 1.54) is 0 Å². The lowest BCUT2D eigenvalue weighted by molar-refractivity contribution is 0.203. The average Bonchev–Trinajstić information content (AvgIpc) is 2.38. The van der Waals surface area contributed by atoms with Gasteiger partial charge in [0.2, 0.25) is 0 Å². The summed E-state index contributed by atoms with van der Waals surface area (Å²) in [6.45, 7) is 11.0. The molecule has 1 heterocycles. The molecule has 1 aliphatic heterocycles. The highest BCUT2D eigenvalue weighted by Crippen LogP contribution is 2.09. The van der Waals surface area contributed by atoms with Crippen LogP contribution in [0, 0.1) is 6.54 Å². The third-order valence-electron chi connectivity index (χ3n) is 1.76. The third-order valence-corrected chi connectivity index (χ3v) is 1.76. The van der Waals surface area contributed by atoms with Crippen LogP contribution >= 0.6 is 0 Å². The molecule has 1 radical (unpaired) electrons. The van der Waals surface area contributed by atoms with Gasteiger partial charge in [-0.15, -0.1) is 13.2 Å². The monoisotopic (exact) mass is 165 g/mol. The van der Waals surface area contributed by atoms with Gasteiger partial charge in [0.1, 0.15) is 0 Å². The first-order chi connectivity index (χ1) is 5.79. The van der Waals surface area contributed by atoms with Crippen LogP contribution in [0.3, 0.4) is 0 Å². The summed E-state index contributed by atoms with van der Waals surface area (Å²) in [6, 6.07) is 0.0369. The Labute approximate surface area is 73.0 Å². The summed E-state index contributed by atoms with van der Waals surface area (Å²) in [6.07, 6.45) is 3.35. The molecule has 12 heavy (non-hydrogen) atoms. The number of hydrogen-bond acceptors (Lipinski definition) is 1. The quantitative estimate of drug-likeness (QED) is 0.575. The fourth-order valence-corrected chi connectivity index (χ4v) is 1.19. The SMILES string of the molecule is C=C[CH]N1CCN(CC=C)C1=O. The van der Waals surface area contributed by atoms with Gasteiger partial charge in [0.25, 0.3) is 0 Å². The van der Waals surface area contributed by atoms with Crippen LogP contribution in [0.25, 0.3) is 0 Å². The van der Waals surface area contributed by atoms with Gasteiger partial charge in [-0.05, 0) is 0 Å². The summed E-state index contributed by atoms with van der Waals surface area (Å²) in [4.78, 5) is 14.8. The molecule has 1 saturated heterocycles. The van der Waals surface area contributed by atoms with Gasteiger partial charge in [-0.25, -0.2) is 4.79 Å². The van der Waals surface area contributed by atoms with Crippen molar-refractivity contribution in [3.05, 3.63) is 31.9 Å². The van der Waals surface area contributed by atoms with Gasteiger partial charge in [0.05, 0.1) is 6.54 Å². The molecular weight excluding hydrogens is 152 g/mol. The highest BCUT2D eigenvalue weighted by Gasteiger charge is 2.26. The minimum atomic E-state index is 0.0369. The van der Waals surface area contributed by atoms with Gasteiger partial charge < -0.3 is 9.80 Å². The van der Waals surface area contributed by atoms with Crippen molar-refractivity contribution in [3.8, 4) is 0 Å². The zero-order chi connectivity index (χ0) is 8.97. The highest BCUT2D eigenvalue weighted by molar-refractivity contribution is 5.77. The van der Waals surface area contributed by atoms with Gasteiger partial charge in [-0.1, -0.05) is 12.2 Å². The second-order valence-electron chi connectivity index (χ2n) is 2.60. The van der Waals surface area contributed by atoms with Gasteiger partial charge in [0, 0.05) is 19.6 Å². The molecule has 3 heteroatoms. The Balaban J connectivity index is 2.48. The van der Waals surface area contributed by atoms with Gasteiger partial charge in [0.15, 0.2) is 0 Å². The number of amides is 2. The van der Waals surface area contributed by atoms with Crippen LogP contribution < -0.4 is 0 Å². The maximum absolute atomic E-state index is 11.4. The Morgan fingerprint density at radius 3 is 2.75 bits per heavy atom. The summed E-state index contributed by atoms with van der Waals surface area (Å²) in [7, 11) is 0. The summed E-state index contributed by atoms with van der Waals surface area (Å²) < 4.78 is 0. The molecule has 0 bridgehead atoms. The van der Waals surface area contributed by atoms with Crippen LogP contribution in [0.15, 0.2) is 25.3 Å². The number of carbonyl (C=O) groups is 1. The van der Waals surface area contributed by atoms with Crippen molar-refractivity contribution in [3.63, 3.8) is 0 Å².